The summed E-state index contributed by atoms with van der Waals surface area (Å²) in [6.45, 7) is 2.66. The van der Waals surface area contributed by atoms with E-state index in [1.807, 2.05) is 20.0 Å². The zero-order valence-corrected chi connectivity index (χ0v) is 13.7. The Kier molecular flexibility index (Phi) is 5.46. The van der Waals surface area contributed by atoms with Crippen molar-refractivity contribution in [1.29, 1.82) is 0 Å². The Labute approximate surface area is 129 Å². The highest BCUT2D eigenvalue weighted by Crippen LogP contribution is 2.23. The minimum absolute atomic E-state index is 0.291. The Morgan fingerprint density at radius 1 is 1.24 bits per heavy atom. The molecule has 2 rings (SSSR count). The summed E-state index contributed by atoms with van der Waals surface area (Å²) < 4.78 is 27.8. The fourth-order valence-electron chi connectivity index (χ4n) is 1.90. The van der Waals surface area contributed by atoms with Crippen LogP contribution in [-0.4, -0.2) is 27.0 Å². The molecule has 7 heteroatoms. The molecule has 5 nitrogen and oxygen atoms in total. The van der Waals surface area contributed by atoms with Gasteiger partial charge >= 0.3 is 0 Å². The predicted octanol–water partition coefficient (Wildman–Crippen LogP) is 1.94. The fraction of sp³-hybridized carbons (Fsp3) is 0.357. The minimum Gasteiger partial charge on any atom is -0.319 e. The molecule has 0 saturated carbocycles. The molecule has 0 aliphatic heterocycles. The molecule has 0 aliphatic carbocycles. The normalized spacial score (nSPS) is 13.2. The van der Waals surface area contributed by atoms with Gasteiger partial charge in [0.2, 0.25) is 0 Å². The van der Waals surface area contributed by atoms with E-state index >= 15 is 0 Å². The number of rotatable bonds is 7. The van der Waals surface area contributed by atoms with E-state index in [-0.39, 0.29) is 6.04 Å². The summed E-state index contributed by atoms with van der Waals surface area (Å²) in [6.07, 6.45) is 4.14. The van der Waals surface area contributed by atoms with Crippen molar-refractivity contribution in [3.8, 4) is 0 Å². The number of likely N-dealkylation sites (N-methyl/N-ethyl adjacent to an activating group) is 1. The van der Waals surface area contributed by atoms with Crippen LogP contribution >= 0.6 is 11.3 Å². The van der Waals surface area contributed by atoms with Gasteiger partial charge in [-0.3, -0.25) is 4.98 Å². The number of nitrogens with zero attached hydrogens (tertiary/aromatic N) is 1. The van der Waals surface area contributed by atoms with Gasteiger partial charge in [0.25, 0.3) is 10.0 Å². The van der Waals surface area contributed by atoms with Crippen LogP contribution in [0.1, 0.15) is 23.4 Å². The van der Waals surface area contributed by atoms with Crippen LogP contribution < -0.4 is 10.0 Å². The maximum Gasteiger partial charge on any atom is 0.250 e. The molecule has 1 atom stereocenters. The van der Waals surface area contributed by atoms with E-state index in [1.165, 1.54) is 11.3 Å². The highest BCUT2D eigenvalue weighted by atomic mass is 32.2. The van der Waals surface area contributed by atoms with E-state index in [9.17, 15) is 8.42 Å². The van der Waals surface area contributed by atoms with Gasteiger partial charge in [0.1, 0.15) is 4.21 Å². The Hall–Kier alpha value is -1.28. The quantitative estimate of drug-likeness (QED) is 0.816. The molecule has 0 fully saturated rings. The number of pyridine rings is 1. The van der Waals surface area contributed by atoms with E-state index in [4.69, 9.17) is 0 Å². The van der Waals surface area contributed by atoms with Gasteiger partial charge < -0.3 is 5.32 Å². The van der Waals surface area contributed by atoms with Crippen LogP contribution in [0.15, 0.2) is 40.9 Å². The maximum atomic E-state index is 12.4. The lowest BCUT2D eigenvalue weighted by Gasteiger charge is -2.13. The van der Waals surface area contributed by atoms with Gasteiger partial charge in [0.15, 0.2) is 0 Å². The second-order valence-corrected chi connectivity index (χ2v) is 7.81. The van der Waals surface area contributed by atoms with Crippen molar-refractivity contribution in [2.24, 2.45) is 0 Å². The lowest BCUT2D eigenvalue weighted by atomic mass is 10.1. The molecule has 0 aliphatic rings. The van der Waals surface area contributed by atoms with Gasteiger partial charge in [-0.05, 0) is 56.8 Å². The summed E-state index contributed by atoms with van der Waals surface area (Å²) >= 11 is 1.31. The van der Waals surface area contributed by atoms with Crippen LogP contribution in [0.25, 0.3) is 0 Å². The van der Waals surface area contributed by atoms with Crippen molar-refractivity contribution in [1.82, 2.24) is 15.0 Å². The van der Waals surface area contributed by atoms with Gasteiger partial charge in [0.05, 0.1) is 0 Å². The topological polar surface area (TPSA) is 71.1 Å². The molecule has 0 amide bonds. The molecule has 0 spiro atoms. The average Bonchev–Trinajstić information content (AvgIpc) is 2.95. The second-order valence-electron chi connectivity index (χ2n) is 4.70. The van der Waals surface area contributed by atoms with E-state index in [1.54, 1.807) is 30.6 Å². The lowest BCUT2D eigenvalue weighted by molar-refractivity contribution is 0.569. The standard InChI is InChI=1S/C14H19N3O2S2/c1-11(12-5-9-16-10-6-12)17-21(18,19)14-4-3-13(20-14)7-8-15-2/h3-6,9-11,15,17H,7-8H2,1-2H3. The van der Waals surface area contributed by atoms with E-state index in [2.05, 4.69) is 15.0 Å². The van der Waals surface area contributed by atoms with Crippen molar-refractivity contribution in [2.45, 2.75) is 23.6 Å². The molecule has 0 saturated heterocycles. The second kappa shape index (κ2) is 7.13. The van der Waals surface area contributed by atoms with Crippen molar-refractivity contribution in [3.05, 3.63) is 47.1 Å². The molecule has 0 aromatic carbocycles. The molecular formula is C14H19N3O2S2. The third-order valence-corrected chi connectivity index (χ3v) is 6.24. The monoisotopic (exact) mass is 325 g/mol. The van der Waals surface area contributed by atoms with Crippen LogP contribution in [0, 0.1) is 0 Å². The van der Waals surface area contributed by atoms with Gasteiger partial charge in [-0.1, -0.05) is 0 Å². The Bertz CT molecular complexity index is 669. The SMILES string of the molecule is CNCCc1ccc(S(=O)(=O)NC(C)c2ccncc2)s1. The molecule has 1 unspecified atom stereocenters. The van der Waals surface area contributed by atoms with Crippen LogP contribution in [0.5, 0.6) is 0 Å². The zero-order chi connectivity index (χ0) is 15.3. The highest BCUT2D eigenvalue weighted by molar-refractivity contribution is 7.91. The smallest absolute Gasteiger partial charge is 0.250 e. The fourth-order valence-corrected chi connectivity index (χ4v) is 4.50. The summed E-state index contributed by atoms with van der Waals surface area (Å²) in [7, 11) is -1.61. The average molecular weight is 325 g/mol. The number of aromatic nitrogens is 1. The van der Waals surface area contributed by atoms with Gasteiger partial charge in [-0.2, -0.15) is 0 Å². The molecule has 2 N–H and O–H groups in total. The number of sulfonamides is 1. The molecule has 0 radical (unpaired) electrons. The number of nitrogens with one attached hydrogen (secondary N) is 2. The molecule has 2 aromatic heterocycles. The van der Waals surface area contributed by atoms with E-state index in [0.29, 0.717) is 4.21 Å². The molecule has 21 heavy (non-hydrogen) atoms. The van der Waals surface area contributed by atoms with Crippen molar-refractivity contribution in [3.63, 3.8) is 0 Å². The first-order valence-electron chi connectivity index (χ1n) is 6.68. The summed E-state index contributed by atoms with van der Waals surface area (Å²) in [5.74, 6) is 0. The number of hydrogen-bond donors (Lipinski definition) is 2. The molecule has 2 aromatic rings. The first kappa shape index (κ1) is 16.1. The maximum absolute atomic E-state index is 12.4. The largest absolute Gasteiger partial charge is 0.319 e. The summed E-state index contributed by atoms with van der Waals surface area (Å²) in [6, 6.07) is 6.85. The molecule has 114 valence electrons. The van der Waals surface area contributed by atoms with Crippen molar-refractivity contribution >= 4 is 21.4 Å². The number of thiophene rings is 1. The predicted molar refractivity (Wildman–Crippen MR) is 84.9 cm³/mol. The van der Waals surface area contributed by atoms with Gasteiger partial charge in [0, 0.05) is 23.3 Å². The first-order valence-corrected chi connectivity index (χ1v) is 8.98. The molecule has 0 bridgehead atoms. The van der Waals surface area contributed by atoms with Crippen molar-refractivity contribution in [2.75, 3.05) is 13.6 Å². The van der Waals surface area contributed by atoms with Gasteiger partial charge in [-0.15, -0.1) is 11.3 Å². The van der Waals surface area contributed by atoms with Crippen LogP contribution in [-0.2, 0) is 16.4 Å². The minimum atomic E-state index is -3.48. The van der Waals surface area contributed by atoms with Gasteiger partial charge in [-0.25, -0.2) is 13.1 Å². The lowest BCUT2D eigenvalue weighted by Crippen LogP contribution is -2.26. The third-order valence-electron chi connectivity index (χ3n) is 3.06. The third kappa shape index (κ3) is 4.34. The van der Waals surface area contributed by atoms with Crippen molar-refractivity contribution < 1.29 is 8.42 Å². The Morgan fingerprint density at radius 3 is 2.62 bits per heavy atom. The Balaban J connectivity index is 2.09. The van der Waals surface area contributed by atoms with E-state index in [0.717, 1.165) is 23.4 Å². The first-order chi connectivity index (χ1) is 10.0. The van der Waals surface area contributed by atoms with Crippen LogP contribution in [0.3, 0.4) is 0 Å². The van der Waals surface area contributed by atoms with E-state index < -0.39 is 10.0 Å². The van der Waals surface area contributed by atoms with Crippen LogP contribution in [0.4, 0.5) is 0 Å². The zero-order valence-electron chi connectivity index (χ0n) is 12.0. The summed E-state index contributed by atoms with van der Waals surface area (Å²) in [5.41, 5.74) is 0.889. The summed E-state index contributed by atoms with van der Waals surface area (Å²) in [4.78, 5) is 4.99. The highest BCUT2D eigenvalue weighted by Gasteiger charge is 2.20. The number of hydrogen-bond acceptors (Lipinski definition) is 5. The summed E-state index contributed by atoms with van der Waals surface area (Å²) in [5, 5.41) is 3.05. The molecule has 2 heterocycles. The Morgan fingerprint density at radius 2 is 1.95 bits per heavy atom. The van der Waals surface area contributed by atoms with Crippen LogP contribution in [0.2, 0.25) is 0 Å². The molecular weight excluding hydrogens is 306 g/mol.